The fourth-order valence-electron chi connectivity index (χ4n) is 1.73. The minimum Gasteiger partial charge on any atom is -1.00 e. The Morgan fingerprint density at radius 3 is 1.26 bits per heavy atom. The summed E-state index contributed by atoms with van der Waals surface area (Å²) in [7, 11) is 0. The van der Waals surface area contributed by atoms with Crippen molar-refractivity contribution in [3.8, 4) is 0 Å². The van der Waals surface area contributed by atoms with Gasteiger partial charge in [0, 0.05) is 0 Å². The summed E-state index contributed by atoms with van der Waals surface area (Å²) in [4.78, 5) is 0. The van der Waals surface area contributed by atoms with Crippen molar-refractivity contribution < 1.29 is 51.0 Å². The topological polar surface area (TPSA) is 0 Å². The van der Waals surface area contributed by atoms with E-state index in [1.807, 2.05) is 30.3 Å². The largest absolute Gasteiger partial charge is 2.00 e. The zero-order valence-electron chi connectivity index (χ0n) is 12.6. The second-order valence-corrected chi connectivity index (χ2v) is 4.09. The van der Waals surface area contributed by atoms with Crippen molar-refractivity contribution in [2.45, 2.75) is 34.6 Å². The van der Waals surface area contributed by atoms with Gasteiger partial charge in [-0.15, -0.1) is 0 Å². The molecule has 0 spiro atoms. The SMILES string of the molecule is Cc1c(C)c(C)[c-](C)c1C.[CH3-].[Cl-].[Cl-].[Zr+2].c1cc[cH-]c1. The van der Waals surface area contributed by atoms with Gasteiger partial charge >= 0.3 is 26.2 Å². The monoisotopic (exact) mass is 375 g/mol. The van der Waals surface area contributed by atoms with Crippen LogP contribution in [0.15, 0.2) is 30.3 Å². The first-order valence-corrected chi connectivity index (χ1v) is 5.42. The number of rotatable bonds is 0. The fraction of sp³-hybridized carbons (Fsp3) is 0.312. The third-order valence-electron chi connectivity index (χ3n) is 3.37. The van der Waals surface area contributed by atoms with Crippen LogP contribution < -0.4 is 24.8 Å². The molecule has 0 aliphatic heterocycles. The Kier molecular flexibility index (Phi) is 19.0. The van der Waals surface area contributed by atoms with Gasteiger partial charge in [-0.1, -0.05) is 34.6 Å². The molecule has 0 aliphatic rings. The van der Waals surface area contributed by atoms with Crippen LogP contribution in [0.5, 0.6) is 0 Å². The van der Waals surface area contributed by atoms with Crippen molar-refractivity contribution >= 4 is 0 Å². The van der Waals surface area contributed by atoms with Crippen LogP contribution in [0, 0.1) is 42.0 Å². The van der Waals surface area contributed by atoms with E-state index < -0.39 is 0 Å². The van der Waals surface area contributed by atoms with Gasteiger partial charge in [0.05, 0.1) is 0 Å². The van der Waals surface area contributed by atoms with Gasteiger partial charge in [0.1, 0.15) is 0 Å². The molecule has 0 saturated heterocycles. The van der Waals surface area contributed by atoms with Crippen molar-refractivity contribution in [2.24, 2.45) is 0 Å². The van der Waals surface area contributed by atoms with Gasteiger partial charge in [0.15, 0.2) is 0 Å². The summed E-state index contributed by atoms with van der Waals surface area (Å²) >= 11 is 0. The van der Waals surface area contributed by atoms with Crippen molar-refractivity contribution in [3.63, 3.8) is 0 Å². The van der Waals surface area contributed by atoms with Gasteiger partial charge in [0.2, 0.25) is 0 Å². The van der Waals surface area contributed by atoms with Crippen LogP contribution in [0.4, 0.5) is 0 Å². The molecule has 0 amide bonds. The Morgan fingerprint density at radius 2 is 1.16 bits per heavy atom. The van der Waals surface area contributed by atoms with Crippen LogP contribution in [0.25, 0.3) is 0 Å². The normalized spacial score (nSPS) is 7.63. The average Bonchev–Trinajstić information content (AvgIpc) is 2.86. The minimum absolute atomic E-state index is 0. The third kappa shape index (κ3) is 7.49. The molecule has 0 radical (unpaired) electrons. The van der Waals surface area contributed by atoms with Crippen LogP contribution >= 0.6 is 0 Å². The van der Waals surface area contributed by atoms with E-state index in [0.717, 1.165) is 0 Å². The van der Waals surface area contributed by atoms with E-state index in [4.69, 9.17) is 0 Å². The summed E-state index contributed by atoms with van der Waals surface area (Å²) in [5, 5.41) is 0. The van der Waals surface area contributed by atoms with Gasteiger partial charge in [0.25, 0.3) is 0 Å². The van der Waals surface area contributed by atoms with Gasteiger partial charge in [-0.25, -0.2) is 12.1 Å². The zero-order chi connectivity index (χ0) is 11.4. The molecule has 0 heterocycles. The molecule has 108 valence electrons. The maximum absolute atomic E-state index is 2.20. The van der Waals surface area contributed by atoms with E-state index in [1.54, 1.807) is 0 Å². The van der Waals surface area contributed by atoms with Crippen LogP contribution in [-0.4, -0.2) is 0 Å². The molecule has 0 nitrogen and oxygen atoms in total. The molecule has 0 atom stereocenters. The number of hydrogen-bond donors (Lipinski definition) is 0. The van der Waals surface area contributed by atoms with E-state index in [-0.39, 0.29) is 58.4 Å². The first kappa shape index (κ1) is 27.5. The van der Waals surface area contributed by atoms with Crippen molar-refractivity contribution in [3.05, 3.63) is 65.6 Å². The predicted molar refractivity (Wildman–Crippen MR) is 74.2 cm³/mol. The molecule has 0 aromatic heterocycles. The van der Waals surface area contributed by atoms with Gasteiger partial charge in [-0.05, 0) is 0 Å². The maximum Gasteiger partial charge on any atom is 2.00 e. The molecule has 2 aromatic carbocycles. The Balaban J connectivity index is -0.000000110. The summed E-state index contributed by atoms with van der Waals surface area (Å²) < 4.78 is 0. The molecule has 3 heteroatoms. The fourth-order valence-corrected chi connectivity index (χ4v) is 1.73. The predicted octanol–water partition coefficient (Wildman–Crippen LogP) is -1.19. The van der Waals surface area contributed by atoms with Crippen LogP contribution in [0.3, 0.4) is 0 Å². The number of hydrogen-bond acceptors (Lipinski definition) is 0. The van der Waals surface area contributed by atoms with Gasteiger partial charge in [-0.2, -0.15) is 46.0 Å². The summed E-state index contributed by atoms with van der Waals surface area (Å²) in [6.45, 7) is 11.0. The molecule has 0 fully saturated rings. The smallest absolute Gasteiger partial charge is 1.00 e. The molecule has 0 saturated carbocycles. The molecule has 0 bridgehead atoms. The second kappa shape index (κ2) is 13.2. The molecule has 0 N–H and O–H groups in total. The van der Waals surface area contributed by atoms with E-state index in [1.165, 1.54) is 27.8 Å². The molecule has 19 heavy (non-hydrogen) atoms. The van der Waals surface area contributed by atoms with Gasteiger partial charge < -0.3 is 32.2 Å². The van der Waals surface area contributed by atoms with Crippen LogP contribution in [-0.2, 0) is 26.2 Å². The number of halogens is 2. The summed E-state index contributed by atoms with van der Waals surface area (Å²) in [6, 6.07) is 10.0. The Labute approximate surface area is 150 Å². The minimum atomic E-state index is 0. The third-order valence-corrected chi connectivity index (χ3v) is 3.37. The summed E-state index contributed by atoms with van der Waals surface area (Å²) in [5.74, 6) is 0. The van der Waals surface area contributed by atoms with E-state index in [0.29, 0.717) is 0 Å². The van der Waals surface area contributed by atoms with Crippen molar-refractivity contribution in [1.29, 1.82) is 0 Å². The summed E-state index contributed by atoms with van der Waals surface area (Å²) in [5.41, 5.74) is 7.34. The van der Waals surface area contributed by atoms with Gasteiger partial charge in [-0.3, -0.25) is 0 Å². The molecular weight excluding hydrogens is 354 g/mol. The molecule has 2 rings (SSSR count). The average molecular weight is 377 g/mol. The maximum atomic E-state index is 2.20. The first-order chi connectivity index (χ1) is 7.05. The zero-order valence-corrected chi connectivity index (χ0v) is 16.6. The summed E-state index contributed by atoms with van der Waals surface area (Å²) in [6.07, 6.45) is 0. The Hall–Kier alpha value is 0.163. The quantitative estimate of drug-likeness (QED) is 0.507. The van der Waals surface area contributed by atoms with E-state index in [9.17, 15) is 0 Å². The second-order valence-electron chi connectivity index (χ2n) is 4.09. The Bertz CT molecular complexity index is 317. The molecular formula is C16H23Cl2Zr-3. The standard InChI is InChI=1S/C10H15.C5H5.CH3.2ClH.Zr/c1-6-7(2)9(4)10(5)8(6)3;1-2-4-5-3-1;;;;/h1-5H3;1-5H;1H3;2*1H;/q3*-1;;;+2/p-2. The van der Waals surface area contributed by atoms with Crippen molar-refractivity contribution in [1.82, 2.24) is 0 Å². The Morgan fingerprint density at radius 1 is 0.842 bits per heavy atom. The molecule has 2 aromatic rings. The molecule has 0 aliphatic carbocycles. The van der Waals surface area contributed by atoms with Crippen LogP contribution in [0.2, 0.25) is 0 Å². The van der Waals surface area contributed by atoms with Crippen molar-refractivity contribution in [2.75, 3.05) is 0 Å². The van der Waals surface area contributed by atoms with E-state index in [2.05, 4.69) is 34.6 Å². The first-order valence-electron chi connectivity index (χ1n) is 5.42. The van der Waals surface area contributed by atoms with Crippen LogP contribution in [0.1, 0.15) is 27.8 Å². The molecule has 0 unspecified atom stereocenters. The van der Waals surface area contributed by atoms with E-state index >= 15 is 0 Å².